The number of anilines is 1. The first-order valence-electron chi connectivity index (χ1n) is 7.90. The quantitative estimate of drug-likeness (QED) is 0.899. The monoisotopic (exact) mass is 322 g/mol. The molecular formula is C16H26N4OS. The van der Waals surface area contributed by atoms with Gasteiger partial charge in [-0.05, 0) is 26.2 Å². The van der Waals surface area contributed by atoms with Gasteiger partial charge in [0.05, 0.1) is 0 Å². The Bertz CT molecular complexity index is 520. The molecule has 0 atom stereocenters. The molecule has 0 aliphatic carbocycles. The second kappa shape index (κ2) is 7.63. The van der Waals surface area contributed by atoms with Gasteiger partial charge in [-0.1, -0.05) is 19.9 Å². The van der Waals surface area contributed by atoms with Crippen LogP contribution in [0.2, 0.25) is 0 Å². The molecule has 0 aromatic carbocycles. The van der Waals surface area contributed by atoms with Gasteiger partial charge in [0.2, 0.25) is 0 Å². The van der Waals surface area contributed by atoms with Crippen LogP contribution < -0.4 is 5.32 Å². The Morgan fingerprint density at radius 1 is 1.55 bits per heavy atom. The summed E-state index contributed by atoms with van der Waals surface area (Å²) in [5.41, 5.74) is 1.23. The maximum atomic E-state index is 12.3. The summed E-state index contributed by atoms with van der Waals surface area (Å²) in [6.07, 6.45) is 5.95. The van der Waals surface area contributed by atoms with Crippen LogP contribution in [0.25, 0.3) is 0 Å². The Labute approximate surface area is 137 Å². The first kappa shape index (κ1) is 16.8. The van der Waals surface area contributed by atoms with E-state index in [9.17, 15) is 4.79 Å². The highest BCUT2D eigenvalue weighted by atomic mass is 32.1. The molecule has 22 heavy (non-hydrogen) atoms. The third-order valence-electron chi connectivity index (χ3n) is 4.15. The standard InChI is InChI=1S/C16H26N4OS/c1-5-6-12(2)20-9-7-14(8-10-20)19(4)16(21)18-15-17-11-13(3)22-15/h11,14H,2,5-10H2,1,3-4H3,(H,17,18,21). The fourth-order valence-electron chi connectivity index (χ4n) is 2.77. The van der Waals surface area contributed by atoms with E-state index in [0.29, 0.717) is 5.13 Å². The van der Waals surface area contributed by atoms with Crippen molar-refractivity contribution in [3.63, 3.8) is 0 Å². The van der Waals surface area contributed by atoms with Crippen LogP contribution in [-0.2, 0) is 0 Å². The largest absolute Gasteiger partial charge is 0.375 e. The number of aromatic nitrogens is 1. The molecule has 0 saturated carbocycles. The Morgan fingerprint density at radius 2 is 2.23 bits per heavy atom. The van der Waals surface area contributed by atoms with Gasteiger partial charge >= 0.3 is 6.03 Å². The predicted octanol–water partition coefficient (Wildman–Crippen LogP) is 3.69. The maximum Gasteiger partial charge on any atom is 0.323 e. The number of likely N-dealkylation sites (tertiary alicyclic amines) is 1. The van der Waals surface area contributed by atoms with Crippen LogP contribution in [0.5, 0.6) is 0 Å². The van der Waals surface area contributed by atoms with Gasteiger partial charge in [-0.15, -0.1) is 11.3 Å². The average Bonchev–Trinajstić information content (AvgIpc) is 2.92. The zero-order valence-corrected chi connectivity index (χ0v) is 14.6. The van der Waals surface area contributed by atoms with Crippen molar-refractivity contribution in [2.24, 2.45) is 0 Å². The van der Waals surface area contributed by atoms with E-state index in [2.05, 4.69) is 28.7 Å². The minimum Gasteiger partial charge on any atom is -0.375 e. The Kier molecular flexibility index (Phi) is 5.83. The summed E-state index contributed by atoms with van der Waals surface area (Å²) in [4.78, 5) is 21.7. The van der Waals surface area contributed by atoms with Crippen LogP contribution in [0.3, 0.4) is 0 Å². The van der Waals surface area contributed by atoms with Crippen molar-refractivity contribution >= 4 is 22.5 Å². The number of aryl methyl sites for hydroxylation is 1. The molecule has 1 aromatic rings. The number of nitrogens with zero attached hydrogens (tertiary/aromatic N) is 3. The number of urea groups is 1. The van der Waals surface area contributed by atoms with E-state index in [1.54, 1.807) is 6.20 Å². The summed E-state index contributed by atoms with van der Waals surface area (Å²) >= 11 is 1.50. The van der Waals surface area contributed by atoms with E-state index in [-0.39, 0.29) is 12.1 Å². The SMILES string of the molecule is C=C(CCC)N1CCC(N(C)C(=O)Nc2ncc(C)s2)CC1. The van der Waals surface area contributed by atoms with Crippen LogP contribution in [0, 0.1) is 6.92 Å². The minimum atomic E-state index is -0.0693. The number of piperidine rings is 1. The van der Waals surface area contributed by atoms with Gasteiger partial charge < -0.3 is 9.80 Å². The molecule has 2 rings (SSSR count). The number of carbonyl (C=O) groups is 1. The second-order valence-electron chi connectivity index (χ2n) is 5.85. The number of allylic oxidation sites excluding steroid dienone is 1. The maximum absolute atomic E-state index is 12.3. The van der Waals surface area contributed by atoms with Crippen molar-refractivity contribution < 1.29 is 4.79 Å². The van der Waals surface area contributed by atoms with Crippen molar-refractivity contribution in [1.82, 2.24) is 14.8 Å². The van der Waals surface area contributed by atoms with Crippen molar-refractivity contribution in [3.8, 4) is 0 Å². The summed E-state index contributed by atoms with van der Waals surface area (Å²) in [5.74, 6) is 0. The number of thiazole rings is 1. The molecule has 1 aliphatic rings. The third kappa shape index (κ3) is 4.22. The molecule has 1 aliphatic heterocycles. The second-order valence-corrected chi connectivity index (χ2v) is 7.09. The highest BCUT2D eigenvalue weighted by molar-refractivity contribution is 7.15. The molecule has 0 unspecified atom stereocenters. The predicted molar refractivity (Wildman–Crippen MR) is 92.3 cm³/mol. The molecule has 122 valence electrons. The van der Waals surface area contributed by atoms with E-state index in [1.165, 1.54) is 17.0 Å². The smallest absolute Gasteiger partial charge is 0.323 e. The number of hydrogen-bond donors (Lipinski definition) is 1. The first-order chi connectivity index (χ1) is 10.5. The fraction of sp³-hybridized carbons (Fsp3) is 0.625. The van der Waals surface area contributed by atoms with E-state index in [4.69, 9.17) is 0 Å². The van der Waals surface area contributed by atoms with Gasteiger partial charge in [-0.2, -0.15) is 0 Å². The fourth-order valence-corrected chi connectivity index (χ4v) is 3.43. The third-order valence-corrected chi connectivity index (χ3v) is 4.98. The van der Waals surface area contributed by atoms with E-state index < -0.39 is 0 Å². The number of nitrogens with one attached hydrogen (secondary N) is 1. The molecule has 0 spiro atoms. The van der Waals surface area contributed by atoms with Gasteiger partial charge in [-0.25, -0.2) is 9.78 Å². The summed E-state index contributed by atoms with van der Waals surface area (Å²) < 4.78 is 0. The van der Waals surface area contributed by atoms with Gasteiger partial charge in [0, 0.05) is 43.0 Å². The number of rotatable bonds is 5. The summed E-state index contributed by atoms with van der Waals surface area (Å²) in [6, 6.07) is 0.215. The molecule has 0 bridgehead atoms. The average molecular weight is 322 g/mol. The highest BCUT2D eigenvalue weighted by Gasteiger charge is 2.26. The molecule has 6 heteroatoms. The number of amides is 2. The van der Waals surface area contributed by atoms with Crippen LogP contribution >= 0.6 is 11.3 Å². The first-order valence-corrected chi connectivity index (χ1v) is 8.72. The molecule has 1 N–H and O–H groups in total. The lowest BCUT2D eigenvalue weighted by Crippen LogP contribution is -2.46. The zero-order valence-electron chi connectivity index (χ0n) is 13.8. The van der Waals surface area contributed by atoms with Crippen molar-refractivity contribution in [2.45, 2.75) is 45.6 Å². The van der Waals surface area contributed by atoms with Crippen LogP contribution in [-0.4, -0.2) is 47.0 Å². The number of carbonyl (C=O) groups excluding carboxylic acids is 1. The lowest BCUT2D eigenvalue weighted by atomic mass is 10.0. The van der Waals surface area contributed by atoms with E-state index in [0.717, 1.165) is 43.6 Å². The zero-order chi connectivity index (χ0) is 16.1. The van der Waals surface area contributed by atoms with Crippen LogP contribution in [0.15, 0.2) is 18.5 Å². The van der Waals surface area contributed by atoms with Gasteiger partial charge in [0.15, 0.2) is 5.13 Å². The summed E-state index contributed by atoms with van der Waals surface area (Å²) in [5, 5.41) is 3.55. The Balaban J connectivity index is 1.82. The Morgan fingerprint density at radius 3 is 2.77 bits per heavy atom. The molecule has 1 saturated heterocycles. The summed E-state index contributed by atoms with van der Waals surface area (Å²) in [6.45, 7) is 10.3. The highest BCUT2D eigenvalue weighted by Crippen LogP contribution is 2.22. The normalized spacial score (nSPS) is 15.7. The van der Waals surface area contributed by atoms with Crippen LogP contribution in [0.1, 0.15) is 37.5 Å². The molecule has 0 radical (unpaired) electrons. The summed E-state index contributed by atoms with van der Waals surface area (Å²) in [7, 11) is 1.87. The van der Waals surface area contributed by atoms with Gasteiger partial charge in [0.25, 0.3) is 0 Å². The van der Waals surface area contributed by atoms with Crippen molar-refractivity contribution in [3.05, 3.63) is 23.3 Å². The van der Waals surface area contributed by atoms with E-state index in [1.807, 2.05) is 18.9 Å². The minimum absolute atomic E-state index is 0.0693. The molecular weight excluding hydrogens is 296 g/mol. The molecule has 2 amide bonds. The molecule has 2 heterocycles. The number of hydrogen-bond acceptors (Lipinski definition) is 4. The van der Waals surface area contributed by atoms with Gasteiger partial charge in [0.1, 0.15) is 0 Å². The van der Waals surface area contributed by atoms with E-state index >= 15 is 0 Å². The van der Waals surface area contributed by atoms with Crippen LogP contribution in [0.4, 0.5) is 9.93 Å². The lowest BCUT2D eigenvalue weighted by molar-refractivity contribution is 0.157. The topological polar surface area (TPSA) is 48.5 Å². The lowest BCUT2D eigenvalue weighted by Gasteiger charge is -2.38. The van der Waals surface area contributed by atoms with Crippen molar-refractivity contribution in [2.75, 3.05) is 25.5 Å². The van der Waals surface area contributed by atoms with Crippen molar-refractivity contribution in [1.29, 1.82) is 0 Å². The molecule has 5 nitrogen and oxygen atoms in total. The van der Waals surface area contributed by atoms with Gasteiger partial charge in [-0.3, -0.25) is 5.32 Å². The molecule has 1 aromatic heterocycles. The molecule has 1 fully saturated rings. The Hall–Kier alpha value is -1.56.